The van der Waals surface area contributed by atoms with Crippen LogP contribution in [-0.2, 0) is 28.0 Å². The van der Waals surface area contributed by atoms with Crippen LogP contribution in [0.5, 0.6) is 0 Å². The normalized spacial score (nSPS) is 11.3. The third-order valence-corrected chi connectivity index (χ3v) is 4.40. The molecule has 6 heteroatoms. The van der Waals surface area contributed by atoms with E-state index in [-0.39, 0.29) is 11.5 Å². The fourth-order valence-corrected chi connectivity index (χ4v) is 3.28. The zero-order valence-corrected chi connectivity index (χ0v) is 12.4. The van der Waals surface area contributed by atoms with Crippen LogP contribution in [0.1, 0.15) is 11.1 Å². The van der Waals surface area contributed by atoms with Gasteiger partial charge in [-0.05, 0) is 29.3 Å². The van der Waals surface area contributed by atoms with Crippen LogP contribution in [-0.4, -0.2) is 20.6 Å². The molecule has 0 fully saturated rings. The van der Waals surface area contributed by atoms with E-state index < -0.39 is 10.0 Å². The molecule has 0 saturated heterocycles. The number of anilines is 1. The molecule has 0 aliphatic heterocycles. The summed E-state index contributed by atoms with van der Waals surface area (Å²) in [6.45, 7) is 0.0730. The summed E-state index contributed by atoms with van der Waals surface area (Å²) in [7, 11) is -2.16. The Kier molecular flexibility index (Phi) is 4.95. The topological polar surface area (TPSA) is 75.6 Å². The second kappa shape index (κ2) is 6.71. The van der Waals surface area contributed by atoms with Gasteiger partial charge >= 0.3 is 0 Å². The summed E-state index contributed by atoms with van der Waals surface area (Å²) < 4.78 is 32.3. The van der Waals surface area contributed by atoms with Crippen LogP contribution in [0.25, 0.3) is 0 Å². The van der Waals surface area contributed by atoms with Crippen molar-refractivity contribution in [3.63, 3.8) is 0 Å². The van der Waals surface area contributed by atoms with Crippen molar-refractivity contribution in [2.45, 2.75) is 18.1 Å². The lowest BCUT2D eigenvalue weighted by atomic mass is 10.2. The van der Waals surface area contributed by atoms with Gasteiger partial charge in [-0.2, -0.15) is 0 Å². The minimum Gasteiger partial charge on any atom is -0.392 e. The number of benzene rings is 2. The van der Waals surface area contributed by atoms with E-state index in [0.717, 1.165) is 5.56 Å². The molecular formula is C15H17NO4S. The number of aliphatic hydroxyl groups is 1. The Morgan fingerprint density at radius 1 is 1.14 bits per heavy atom. The highest BCUT2D eigenvalue weighted by Gasteiger charge is 2.17. The average molecular weight is 307 g/mol. The summed E-state index contributed by atoms with van der Waals surface area (Å²) >= 11 is 0. The Morgan fingerprint density at radius 3 is 2.62 bits per heavy atom. The van der Waals surface area contributed by atoms with E-state index in [4.69, 9.17) is 4.74 Å². The van der Waals surface area contributed by atoms with Gasteiger partial charge in [0.25, 0.3) is 10.0 Å². The Hall–Kier alpha value is -1.89. The first-order chi connectivity index (χ1) is 10.1. The van der Waals surface area contributed by atoms with Crippen molar-refractivity contribution in [3.05, 3.63) is 59.7 Å². The second-order valence-corrected chi connectivity index (χ2v) is 6.16. The van der Waals surface area contributed by atoms with Crippen molar-refractivity contribution in [1.82, 2.24) is 0 Å². The quantitative estimate of drug-likeness (QED) is 0.857. The average Bonchev–Trinajstić information content (AvgIpc) is 2.47. The van der Waals surface area contributed by atoms with Crippen LogP contribution in [0.3, 0.4) is 0 Å². The highest BCUT2D eigenvalue weighted by molar-refractivity contribution is 7.92. The number of sulfonamides is 1. The van der Waals surface area contributed by atoms with Crippen LogP contribution in [0.2, 0.25) is 0 Å². The van der Waals surface area contributed by atoms with E-state index in [1.807, 2.05) is 6.07 Å². The van der Waals surface area contributed by atoms with Crippen molar-refractivity contribution < 1.29 is 18.3 Å². The first-order valence-corrected chi connectivity index (χ1v) is 7.84. The molecule has 112 valence electrons. The number of methoxy groups -OCH3 is 1. The van der Waals surface area contributed by atoms with E-state index in [1.54, 1.807) is 43.5 Å². The minimum absolute atomic E-state index is 0.0737. The van der Waals surface area contributed by atoms with E-state index in [1.165, 1.54) is 6.07 Å². The number of nitrogens with one attached hydrogen (secondary N) is 1. The maximum Gasteiger partial charge on any atom is 0.262 e. The molecule has 0 aliphatic rings. The van der Waals surface area contributed by atoms with E-state index in [0.29, 0.717) is 17.9 Å². The predicted molar refractivity (Wildman–Crippen MR) is 80.3 cm³/mol. The smallest absolute Gasteiger partial charge is 0.262 e. The van der Waals surface area contributed by atoms with Crippen molar-refractivity contribution >= 4 is 15.7 Å². The zero-order valence-electron chi connectivity index (χ0n) is 11.6. The second-order valence-electron chi connectivity index (χ2n) is 4.50. The number of aliphatic hydroxyl groups excluding tert-OH is 1. The number of ether oxygens (including phenoxy) is 1. The fourth-order valence-electron chi connectivity index (χ4n) is 2.00. The molecule has 21 heavy (non-hydrogen) atoms. The van der Waals surface area contributed by atoms with Crippen molar-refractivity contribution in [2.75, 3.05) is 11.8 Å². The SMILES string of the molecule is COCc1cccc(NS(=O)(=O)c2ccccc2CO)c1. The molecular weight excluding hydrogens is 290 g/mol. The van der Waals surface area contributed by atoms with Gasteiger partial charge in [0.05, 0.1) is 18.1 Å². The summed E-state index contributed by atoms with van der Waals surface area (Å²) in [6.07, 6.45) is 0. The van der Waals surface area contributed by atoms with Crippen molar-refractivity contribution in [3.8, 4) is 0 Å². The van der Waals surface area contributed by atoms with Crippen LogP contribution in [0.4, 0.5) is 5.69 Å². The van der Waals surface area contributed by atoms with Gasteiger partial charge in [0.15, 0.2) is 0 Å². The first-order valence-electron chi connectivity index (χ1n) is 6.36. The molecule has 0 amide bonds. The lowest BCUT2D eigenvalue weighted by molar-refractivity contribution is 0.185. The summed E-state index contributed by atoms with van der Waals surface area (Å²) in [5.41, 5.74) is 1.68. The van der Waals surface area contributed by atoms with Crippen LogP contribution in [0.15, 0.2) is 53.4 Å². The molecule has 5 nitrogen and oxygen atoms in total. The van der Waals surface area contributed by atoms with Crippen LogP contribution in [0, 0.1) is 0 Å². The lowest BCUT2D eigenvalue weighted by Crippen LogP contribution is -2.15. The molecule has 0 bridgehead atoms. The van der Waals surface area contributed by atoms with Gasteiger partial charge in [0.1, 0.15) is 0 Å². The van der Waals surface area contributed by atoms with Crippen molar-refractivity contribution in [1.29, 1.82) is 0 Å². The Balaban J connectivity index is 2.31. The van der Waals surface area contributed by atoms with Gasteiger partial charge in [0, 0.05) is 12.8 Å². The zero-order chi connectivity index (χ0) is 15.3. The largest absolute Gasteiger partial charge is 0.392 e. The third kappa shape index (κ3) is 3.81. The third-order valence-electron chi connectivity index (χ3n) is 2.92. The molecule has 2 N–H and O–H groups in total. The Bertz CT molecular complexity index is 713. The molecule has 0 radical (unpaired) electrons. The Labute approximate surface area is 124 Å². The molecule has 0 aliphatic carbocycles. The summed E-state index contributed by atoms with van der Waals surface area (Å²) in [6, 6.07) is 13.3. The van der Waals surface area contributed by atoms with E-state index >= 15 is 0 Å². The molecule has 0 heterocycles. The highest BCUT2D eigenvalue weighted by Crippen LogP contribution is 2.20. The standard InChI is InChI=1S/C15H17NO4S/c1-20-11-12-5-4-7-14(9-12)16-21(18,19)15-8-3-2-6-13(15)10-17/h2-9,16-17H,10-11H2,1H3. The molecule has 2 rings (SSSR count). The number of hydrogen-bond donors (Lipinski definition) is 2. The van der Waals surface area contributed by atoms with Gasteiger partial charge in [-0.1, -0.05) is 30.3 Å². The van der Waals surface area contributed by atoms with Crippen LogP contribution < -0.4 is 4.72 Å². The highest BCUT2D eigenvalue weighted by atomic mass is 32.2. The Morgan fingerprint density at radius 2 is 1.90 bits per heavy atom. The molecule has 0 atom stereocenters. The molecule has 0 unspecified atom stereocenters. The number of rotatable bonds is 6. The maximum atomic E-state index is 12.4. The summed E-state index contributed by atoms with van der Waals surface area (Å²) in [5, 5.41) is 9.25. The monoisotopic (exact) mass is 307 g/mol. The fraction of sp³-hybridized carbons (Fsp3) is 0.200. The van der Waals surface area contributed by atoms with Crippen molar-refractivity contribution in [2.24, 2.45) is 0 Å². The first kappa shape index (κ1) is 15.5. The predicted octanol–water partition coefficient (Wildman–Crippen LogP) is 2.13. The molecule has 0 saturated carbocycles. The van der Waals surface area contributed by atoms with Gasteiger partial charge in [-0.25, -0.2) is 8.42 Å². The molecule has 0 spiro atoms. The summed E-state index contributed by atoms with van der Waals surface area (Å²) in [5.74, 6) is 0. The molecule has 0 aromatic heterocycles. The van der Waals surface area contributed by atoms with Crippen LogP contribution >= 0.6 is 0 Å². The van der Waals surface area contributed by atoms with Gasteiger partial charge < -0.3 is 9.84 Å². The van der Waals surface area contributed by atoms with Gasteiger partial charge in [-0.3, -0.25) is 4.72 Å². The molecule has 2 aromatic carbocycles. The minimum atomic E-state index is -3.74. The van der Waals surface area contributed by atoms with E-state index in [2.05, 4.69) is 4.72 Å². The number of hydrogen-bond acceptors (Lipinski definition) is 4. The van der Waals surface area contributed by atoms with Gasteiger partial charge in [-0.15, -0.1) is 0 Å². The maximum absolute atomic E-state index is 12.4. The lowest BCUT2D eigenvalue weighted by Gasteiger charge is -2.12. The summed E-state index contributed by atoms with van der Waals surface area (Å²) in [4.78, 5) is 0.0737. The van der Waals surface area contributed by atoms with E-state index in [9.17, 15) is 13.5 Å². The van der Waals surface area contributed by atoms with Gasteiger partial charge in [0.2, 0.25) is 0 Å². The molecule has 2 aromatic rings.